The smallest absolute Gasteiger partial charge is 0.224 e. The highest BCUT2D eigenvalue weighted by Gasteiger charge is 2.05. The van der Waals surface area contributed by atoms with Gasteiger partial charge in [0.1, 0.15) is 0 Å². The molecule has 0 spiro atoms. The van der Waals surface area contributed by atoms with E-state index in [1.807, 2.05) is 0 Å². The van der Waals surface area contributed by atoms with Gasteiger partial charge in [-0.05, 0) is 18.9 Å². The molecular formula is C10H12BrFN2O. The van der Waals surface area contributed by atoms with E-state index in [-0.39, 0.29) is 11.6 Å². The van der Waals surface area contributed by atoms with E-state index in [0.717, 1.165) is 24.4 Å². The highest BCUT2D eigenvalue weighted by Crippen LogP contribution is 2.11. The number of nitrogens with one attached hydrogen (secondary N) is 1. The third kappa shape index (κ3) is 4.38. The van der Waals surface area contributed by atoms with Gasteiger partial charge in [0.05, 0.1) is 11.9 Å². The molecule has 0 aromatic carbocycles. The number of aromatic nitrogens is 1. The number of halogens is 2. The number of anilines is 1. The lowest BCUT2D eigenvalue weighted by molar-refractivity contribution is -0.116. The molecule has 1 aromatic heterocycles. The molecule has 0 atom stereocenters. The zero-order valence-electron chi connectivity index (χ0n) is 8.17. The van der Waals surface area contributed by atoms with E-state index in [1.165, 1.54) is 12.3 Å². The maximum absolute atomic E-state index is 13.1. The Balaban J connectivity index is 2.41. The summed E-state index contributed by atoms with van der Waals surface area (Å²) < 4.78 is 13.1. The molecule has 82 valence electrons. The number of carbonyl (C=O) groups excluding carboxylic acids is 1. The van der Waals surface area contributed by atoms with Crippen molar-refractivity contribution in [3.8, 4) is 0 Å². The van der Waals surface area contributed by atoms with Gasteiger partial charge in [0, 0.05) is 17.9 Å². The van der Waals surface area contributed by atoms with Crippen LogP contribution in [0.15, 0.2) is 18.5 Å². The monoisotopic (exact) mass is 274 g/mol. The number of unbranched alkanes of at least 4 members (excludes halogenated alkanes) is 1. The summed E-state index contributed by atoms with van der Waals surface area (Å²) in [5.74, 6) is -0.674. The molecule has 3 nitrogen and oxygen atoms in total. The SMILES string of the molecule is O=C(CCCCBr)Nc1ccncc1F. The summed E-state index contributed by atoms with van der Waals surface area (Å²) in [6.07, 6.45) is 4.66. The molecule has 0 bridgehead atoms. The first-order chi connectivity index (χ1) is 7.24. The predicted octanol–water partition coefficient (Wildman–Crippen LogP) is 2.72. The number of alkyl halides is 1. The molecule has 0 saturated carbocycles. The van der Waals surface area contributed by atoms with E-state index in [2.05, 4.69) is 26.2 Å². The molecule has 1 N–H and O–H groups in total. The number of pyridine rings is 1. The third-order valence-corrected chi connectivity index (χ3v) is 2.39. The highest BCUT2D eigenvalue weighted by atomic mass is 79.9. The second-order valence-corrected chi connectivity index (χ2v) is 3.84. The largest absolute Gasteiger partial charge is 0.324 e. The van der Waals surface area contributed by atoms with Gasteiger partial charge in [-0.2, -0.15) is 0 Å². The minimum absolute atomic E-state index is 0.166. The van der Waals surface area contributed by atoms with Crippen molar-refractivity contribution in [1.29, 1.82) is 0 Å². The molecule has 0 aliphatic rings. The number of amides is 1. The topological polar surface area (TPSA) is 42.0 Å². The lowest BCUT2D eigenvalue weighted by atomic mass is 10.2. The average molecular weight is 275 g/mol. The lowest BCUT2D eigenvalue weighted by Crippen LogP contribution is -2.12. The third-order valence-electron chi connectivity index (χ3n) is 1.83. The second-order valence-electron chi connectivity index (χ2n) is 3.05. The summed E-state index contributed by atoms with van der Waals surface area (Å²) in [7, 11) is 0. The van der Waals surface area contributed by atoms with Gasteiger partial charge in [-0.1, -0.05) is 15.9 Å². The molecule has 0 aliphatic heterocycles. The fourth-order valence-electron chi connectivity index (χ4n) is 1.07. The second kappa shape index (κ2) is 6.50. The molecule has 0 aliphatic carbocycles. The van der Waals surface area contributed by atoms with Crippen LogP contribution in [0.1, 0.15) is 19.3 Å². The number of rotatable bonds is 5. The molecule has 1 aromatic rings. The summed E-state index contributed by atoms with van der Waals surface area (Å²) in [5.41, 5.74) is 0.189. The van der Waals surface area contributed by atoms with Crippen LogP contribution in [0.5, 0.6) is 0 Å². The van der Waals surface area contributed by atoms with Gasteiger partial charge in [0.2, 0.25) is 5.91 Å². The lowest BCUT2D eigenvalue weighted by Gasteiger charge is -2.04. The van der Waals surface area contributed by atoms with Crippen LogP contribution >= 0.6 is 15.9 Å². The maximum Gasteiger partial charge on any atom is 0.224 e. The Morgan fingerprint density at radius 3 is 3.00 bits per heavy atom. The van der Waals surface area contributed by atoms with Crippen LogP contribution in [-0.4, -0.2) is 16.2 Å². The fraction of sp³-hybridized carbons (Fsp3) is 0.400. The number of nitrogens with zero attached hydrogens (tertiary/aromatic N) is 1. The summed E-state index contributed by atoms with van der Waals surface area (Å²) in [6, 6.07) is 1.44. The van der Waals surface area contributed by atoms with Crippen molar-refractivity contribution in [2.75, 3.05) is 10.6 Å². The van der Waals surface area contributed by atoms with Crippen LogP contribution in [0.25, 0.3) is 0 Å². The van der Waals surface area contributed by atoms with E-state index in [0.29, 0.717) is 6.42 Å². The minimum atomic E-state index is -0.508. The zero-order chi connectivity index (χ0) is 11.1. The van der Waals surface area contributed by atoms with Gasteiger partial charge in [-0.15, -0.1) is 0 Å². The van der Waals surface area contributed by atoms with Crippen LogP contribution < -0.4 is 5.32 Å². The van der Waals surface area contributed by atoms with Crippen molar-refractivity contribution in [3.05, 3.63) is 24.3 Å². The van der Waals surface area contributed by atoms with Crippen LogP contribution in [0, 0.1) is 5.82 Å². The van der Waals surface area contributed by atoms with Gasteiger partial charge >= 0.3 is 0 Å². The molecular weight excluding hydrogens is 263 g/mol. The van der Waals surface area contributed by atoms with Crippen molar-refractivity contribution >= 4 is 27.5 Å². The van der Waals surface area contributed by atoms with E-state index in [9.17, 15) is 9.18 Å². The van der Waals surface area contributed by atoms with E-state index in [1.54, 1.807) is 0 Å². The molecule has 15 heavy (non-hydrogen) atoms. The van der Waals surface area contributed by atoms with Gasteiger partial charge in [0.25, 0.3) is 0 Å². The van der Waals surface area contributed by atoms with Crippen LogP contribution in [0.2, 0.25) is 0 Å². The molecule has 1 amide bonds. The highest BCUT2D eigenvalue weighted by molar-refractivity contribution is 9.09. The Morgan fingerprint density at radius 2 is 2.33 bits per heavy atom. The standard InChI is InChI=1S/C10H12BrFN2O/c11-5-2-1-3-10(15)14-9-4-6-13-7-8(9)12/h4,6-7H,1-3,5H2,(H,13,14,15). The van der Waals surface area contributed by atoms with Crippen molar-refractivity contribution < 1.29 is 9.18 Å². The maximum atomic E-state index is 13.1. The molecule has 0 saturated heterocycles. The van der Waals surface area contributed by atoms with Crippen LogP contribution in [-0.2, 0) is 4.79 Å². The average Bonchev–Trinajstić information content (AvgIpc) is 2.22. The first-order valence-corrected chi connectivity index (χ1v) is 5.81. The van der Waals surface area contributed by atoms with Gasteiger partial charge in [-0.25, -0.2) is 4.39 Å². The van der Waals surface area contributed by atoms with Crippen molar-refractivity contribution in [2.45, 2.75) is 19.3 Å². The molecule has 5 heteroatoms. The summed E-state index contributed by atoms with van der Waals surface area (Å²) in [4.78, 5) is 14.9. The van der Waals surface area contributed by atoms with E-state index < -0.39 is 5.82 Å². The first-order valence-electron chi connectivity index (χ1n) is 4.69. The van der Waals surface area contributed by atoms with Gasteiger partial charge in [-0.3, -0.25) is 9.78 Å². The molecule has 1 heterocycles. The van der Waals surface area contributed by atoms with E-state index >= 15 is 0 Å². The summed E-state index contributed by atoms with van der Waals surface area (Å²) >= 11 is 3.28. The molecule has 0 unspecified atom stereocenters. The Kier molecular flexibility index (Phi) is 5.25. The number of hydrogen-bond donors (Lipinski definition) is 1. The molecule has 0 radical (unpaired) electrons. The number of hydrogen-bond acceptors (Lipinski definition) is 2. The van der Waals surface area contributed by atoms with E-state index in [4.69, 9.17) is 0 Å². The van der Waals surface area contributed by atoms with Crippen LogP contribution in [0.4, 0.5) is 10.1 Å². The minimum Gasteiger partial charge on any atom is -0.324 e. The quantitative estimate of drug-likeness (QED) is 0.663. The predicted molar refractivity (Wildman–Crippen MR) is 60.5 cm³/mol. The fourth-order valence-corrected chi connectivity index (χ4v) is 1.47. The number of carbonyl (C=O) groups is 1. The Bertz CT molecular complexity index is 333. The first kappa shape index (κ1) is 12.1. The molecule has 0 fully saturated rings. The van der Waals surface area contributed by atoms with Gasteiger partial charge in [0.15, 0.2) is 5.82 Å². The van der Waals surface area contributed by atoms with Crippen molar-refractivity contribution in [2.24, 2.45) is 0 Å². The summed E-state index contributed by atoms with van der Waals surface area (Å²) in [6.45, 7) is 0. The van der Waals surface area contributed by atoms with Crippen molar-refractivity contribution in [1.82, 2.24) is 4.98 Å². The summed E-state index contributed by atoms with van der Waals surface area (Å²) in [5, 5.41) is 3.38. The van der Waals surface area contributed by atoms with Crippen molar-refractivity contribution in [3.63, 3.8) is 0 Å². The normalized spacial score (nSPS) is 10.0. The zero-order valence-corrected chi connectivity index (χ0v) is 9.76. The Labute approximate surface area is 96.2 Å². The Hall–Kier alpha value is -0.970. The Morgan fingerprint density at radius 1 is 1.53 bits per heavy atom. The molecule has 1 rings (SSSR count). The van der Waals surface area contributed by atoms with Gasteiger partial charge < -0.3 is 5.32 Å². The van der Waals surface area contributed by atoms with Crippen LogP contribution in [0.3, 0.4) is 0 Å².